The number of sulfone groups is 1. The molecule has 0 saturated carbocycles. The number of benzene rings is 2. The molecule has 5 heteroatoms. The summed E-state index contributed by atoms with van der Waals surface area (Å²) in [7, 11) is -3.47. The molecule has 128 valence electrons. The van der Waals surface area contributed by atoms with Crippen LogP contribution in [0.4, 0.5) is 0 Å². The number of carbonyl (C=O) groups is 1. The molecule has 0 aliphatic carbocycles. The lowest BCUT2D eigenvalue weighted by atomic mass is 10.1. The van der Waals surface area contributed by atoms with E-state index in [0.717, 1.165) is 10.5 Å². The summed E-state index contributed by atoms with van der Waals surface area (Å²) in [6.07, 6.45) is 3.76. The zero-order valence-electron chi connectivity index (χ0n) is 13.7. The third-order valence-corrected chi connectivity index (χ3v) is 7.49. The van der Waals surface area contributed by atoms with Gasteiger partial charge in [-0.25, -0.2) is 8.42 Å². The summed E-state index contributed by atoms with van der Waals surface area (Å²) in [6.45, 7) is 0.660. The Morgan fingerprint density at radius 3 is 2.28 bits per heavy atom. The van der Waals surface area contributed by atoms with Gasteiger partial charge >= 0.3 is 0 Å². The SMILES string of the molecule is O=C1C=C[C@H]2[C@@H](S(=O)(=O)c3ccccc3)C[C@@H]1[NH+]2Cc1ccccc1. The number of ketones is 1. The first-order valence-corrected chi connectivity index (χ1v) is 10.0. The molecule has 0 spiro atoms. The number of hydrogen-bond donors (Lipinski definition) is 1. The van der Waals surface area contributed by atoms with Crippen molar-refractivity contribution >= 4 is 15.6 Å². The van der Waals surface area contributed by atoms with Crippen molar-refractivity contribution in [1.29, 1.82) is 0 Å². The molecular weight excluding hydrogens is 334 g/mol. The molecule has 1 unspecified atom stereocenters. The van der Waals surface area contributed by atoms with E-state index in [9.17, 15) is 13.2 Å². The molecule has 0 amide bonds. The summed E-state index contributed by atoms with van der Waals surface area (Å²) in [4.78, 5) is 13.7. The Morgan fingerprint density at radius 2 is 1.60 bits per heavy atom. The van der Waals surface area contributed by atoms with Gasteiger partial charge in [-0.05, 0) is 24.3 Å². The lowest BCUT2D eigenvalue weighted by Crippen LogP contribution is -3.17. The summed E-state index contributed by atoms with van der Waals surface area (Å²) in [6, 6.07) is 18.0. The highest BCUT2D eigenvalue weighted by Gasteiger charge is 2.54. The van der Waals surface area contributed by atoms with Crippen LogP contribution in [-0.2, 0) is 21.2 Å². The van der Waals surface area contributed by atoms with E-state index < -0.39 is 15.1 Å². The predicted octanol–water partition coefficient (Wildman–Crippen LogP) is 1.19. The van der Waals surface area contributed by atoms with Gasteiger partial charge in [-0.2, -0.15) is 0 Å². The molecule has 0 radical (unpaired) electrons. The maximum absolute atomic E-state index is 13.1. The summed E-state index contributed by atoms with van der Waals surface area (Å²) in [5, 5.41) is -0.554. The van der Waals surface area contributed by atoms with Gasteiger partial charge in [-0.15, -0.1) is 0 Å². The van der Waals surface area contributed by atoms with Crippen molar-refractivity contribution in [3.63, 3.8) is 0 Å². The summed E-state index contributed by atoms with van der Waals surface area (Å²) >= 11 is 0. The second-order valence-electron chi connectivity index (χ2n) is 6.71. The smallest absolute Gasteiger partial charge is 0.212 e. The fraction of sp³-hybridized carbons (Fsp3) is 0.250. The maximum Gasteiger partial charge on any atom is 0.212 e. The van der Waals surface area contributed by atoms with E-state index in [1.807, 2.05) is 36.4 Å². The van der Waals surface area contributed by atoms with Crippen molar-refractivity contribution in [1.82, 2.24) is 0 Å². The fourth-order valence-corrected chi connectivity index (χ4v) is 6.02. The van der Waals surface area contributed by atoms with Gasteiger partial charge < -0.3 is 4.90 Å². The molecule has 4 rings (SSSR count). The van der Waals surface area contributed by atoms with Crippen LogP contribution in [0.5, 0.6) is 0 Å². The van der Waals surface area contributed by atoms with Crippen molar-refractivity contribution in [2.45, 2.75) is 35.2 Å². The van der Waals surface area contributed by atoms with Crippen molar-refractivity contribution in [3.05, 3.63) is 78.4 Å². The van der Waals surface area contributed by atoms with Gasteiger partial charge in [-0.1, -0.05) is 48.5 Å². The minimum atomic E-state index is -3.47. The number of fused-ring (bicyclic) bond motifs is 2. The summed E-state index contributed by atoms with van der Waals surface area (Å²) in [5.41, 5.74) is 1.12. The number of hydrogen-bond acceptors (Lipinski definition) is 3. The summed E-state index contributed by atoms with van der Waals surface area (Å²) in [5.74, 6) is 0.0351. The van der Waals surface area contributed by atoms with E-state index in [-0.39, 0.29) is 17.9 Å². The topological polar surface area (TPSA) is 55.6 Å². The predicted molar refractivity (Wildman–Crippen MR) is 94.9 cm³/mol. The van der Waals surface area contributed by atoms with Crippen molar-refractivity contribution < 1.29 is 18.1 Å². The number of nitrogens with one attached hydrogen (secondary N) is 1. The van der Waals surface area contributed by atoms with Crippen LogP contribution in [0.3, 0.4) is 0 Å². The second kappa shape index (κ2) is 6.24. The third kappa shape index (κ3) is 2.83. The minimum absolute atomic E-state index is 0.0351. The molecule has 25 heavy (non-hydrogen) atoms. The van der Waals surface area contributed by atoms with Gasteiger partial charge in [0.1, 0.15) is 17.8 Å². The highest BCUT2D eigenvalue weighted by molar-refractivity contribution is 7.92. The quantitative estimate of drug-likeness (QED) is 0.898. The number of quaternary nitrogens is 1. The molecule has 1 fully saturated rings. The average Bonchev–Trinajstić information content (AvgIpc) is 2.90. The Balaban J connectivity index is 1.68. The maximum atomic E-state index is 13.1. The lowest BCUT2D eigenvalue weighted by Gasteiger charge is -2.28. The molecule has 2 heterocycles. The minimum Gasteiger partial charge on any atom is -0.315 e. The zero-order valence-corrected chi connectivity index (χ0v) is 14.5. The van der Waals surface area contributed by atoms with Crippen LogP contribution in [0.25, 0.3) is 0 Å². The van der Waals surface area contributed by atoms with Gasteiger partial charge in [0.05, 0.1) is 4.90 Å². The third-order valence-electron chi connectivity index (χ3n) is 5.28. The molecule has 2 aliphatic rings. The average molecular weight is 354 g/mol. The first-order valence-electron chi connectivity index (χ1n) is 8.48. The van der Waals surface area contributed by atoms with Crippen LogP contribution < -0.4 is 4.90 Å². The molecule has 2 aromatic rings. The Hall–Kier alpha value is -2.24. The van der Waals surface area contributed by atoms with Crippen LogP contribution in [0.2, 0.25) is 0 Å². The molecule has 2 aliphatic heterocycles. The highest BCUT2D eigenvalue weighted by atomic mass is 32.2. The number of carbonyl (C=O) groups excluding carboxylic acids is 1. The Kier molecular flexibility index (Phi) is 4.06. The first-order chi connectivity index (χ1) is 12.1. The van der Waals surface area contributed by atoms with Crippen LogP contribution >= 0.6 is 0 Å². The Bertz CT molecular complexity index is 906. The van der Waals surface area contributed by atoms with Gasteiger partial charge in [0.2, 0.25) is 5.78 Å². The highest BCUT2D eigenvalue weighted by Crippen LogP contribution is 2.27. The first kappa shape index (κ1) is 16.2. The molecule has 1 saturated heterocycles. The molecule has 4 atom stereocenters. The van der Waals surface area contributed by atoms with E-state index >= 15 is 0 Å². The van der Waals surface area contributed by atoms with Crippen molar-refractivity contribution in [2.24, 2.45) is 0 Å². The monoisotopic (exact) mass is 354 g/mol. The second-order valence-corrected chi connectivity index (χ2v) is 8.88. The molecule has 2 aromatic carbocycles. The molecule has 2 bridgehead atoms. The van der Waals surface area contributed by atoms with E-state index in [1.165, 1.54) is 0 Å². The molecule has 1 N–H and O–H groups in total. The van der Waals surface area contributed by atoms with Crippen LogP contribution in [0.15, 0.2) is 77.7 Å². The van der Waals surface area contributed by atoms with Crippen LogP contribution in [0, 0.1) is 0 Å². The summed E-state index contributed by atoms with van der Waals surface area (Å²) < 4.78 is 26.2. The van der Waals surface area contributed by atoms with Crippen molar-refractivity contribution in [3.8, 4) is 0 Å². The van der Waals surface area contributed by atoms with E-state index in [4.69, 9.17) is 0 Å². The van der Waals surface area contributed by atoms with Crippen molar-refractivity contribution in [2.75, 3.05) is 0 Å². The van der Waals surface area contributed by atoms with Gasteiger partial charge in [0.15, 0.2) is 15.9 Å². The van der Waals surface area contributed by atoms with Crippen LogP contribution in [-0.4, -0.2) is 31.5 Å². The Labute approximate surface area is 147 Å². The normalized spacial score (nSPS) is 28.2. The van der Waals surface area contributed by atoms with E-state index in [0.29, 0.717) is 17.9 Å². The Morgan fingerprint density at radius 1 is 0.960 bits per heavy atom. The number of rotatable bonds is 4. The van der Waals surface area contributed by atoms with Gasteiger partial charge in [-0.3, -0.25) is 4.79 Å². The van der Waals surface area contributed by atoms with E-state index in [2.05, 4.69) is 0 Å². The van der Waals surface area contributed by atoms with Crippen LogP contribution in [0.1, 0.15) is 12.0 Å². The molecule has 4 nitrogen and oxygen atoms in total. The zero-order chi connectivity index (χ0) is 17.4. The van der Waals surface area contributed by atoms with Gasteiger partial charge in [0.25, 0.3) is 0 Å². The lowest BCUT2D eigenvalue weighted by molar-refractivity contribution is -0.934. The largest absolute Gasteiger partial charge is 0.315 e. The van der Waals surface area contributed by atoms with Gasteiger partial charge in [0, 0.05) is 12.0 Å². The fourth-order valence-electron chi connectivity index (χ4n) is 4.04. The standard InChI is InChI=1S/C20H19NO3S/c22-19-12-11-17-20(25(23,24)16-9-5-2-6-10-16)13-18(19)21(17)14-15-7-3-1-4-8-15/h1-12,17-18,20H,13-14H2/p+1/t17-,18-,20-/m0/s1. The molecular formula is C20H20NO3S+. The van der Waals surface area contributed by atoms with E-state index in [1.54, 1.807) is 36.4 Å². The molecule has 0 aromatic heterocycles.